The Morgan fingerprint density at radius 1 is 0.299 bits per heavy atom. The van der Waals surface area contributed by atoms with Gasteiger partial charge in [-0.15, -0.1) is 0 Å². The molecule has 0 saturated carbocycles. The largest absolute Gasteiger partial charge is 2.00 e. The molecule has 12 aromatic carbocycles. The number of rotatable bonds is 20. The van der Waals surface area contributed by atoms with Gasteiger partial charge in [-0.05, 0) is 150 Å². The van der Waals surface area contributed by atoms with E-state index in [1.807, 2.05) is 0 Å². The summed E-state index contributed by atoms with van der Waals surface area (Å²) in [5.74, 6) is -0.824. The molecule has 562 valence electrons. The molecule has 17 rings (SSSR count). The maximum Gasteiger partial charge on any atom is 2.00 e. The van der Waals surface area contributed by atoms with E-state index in [4.69, 9.17) is 58.8 Å². The van der Waals surface area contributed by atoms with Gasteiger partial charge >= 0.3 is 19.5 Å². The van der Waals surface area contributed by atoms with E-state index in [1.54, 1.807) is 218 Å². The number of para-hydroxylation sites is 8. The smallest absolute Gasteiger partial charge is 0.507 e. The molecular formula is C88H56N16O12Zn. The molecule has 0 aliphatic carbocycles. The molecule has 3 aromatic heterocycles. The Balaban J connectivity index is 0.0000102. The zero-order valence-electron chi connectivity index (χ0n) is 60.8. The zero-order chi connectivity index (χ0) is 79.2. The molecule has 5 heterocycles. The number of carbonyl (C=O) groups excluding carboxylic acids is 4. The second kappa shape index (κ2) is 32.9. The van der Waals surface area contributed by atoms with Crippen molar-refractivity contribution in [1.82, 2.24) is 61.6 Å². The van der Waals surface area contributed by atoms with Gasteiger partial charge in [0.1, 0.15) is 69.0 Å². The van der Waals surface area contributed by atoms with Crippen molar-refractivity contribution in [3.8, 4) is 115 Å². The number of hydrogen-bond donors (Lipinski definition) is 8. The fourth-order valence-corrected chi connectivity index (χ4v) is 12.8. The molecule has 0 spiro atoms. The minimum absolute atomic E-state index is 0. The third-order valence-corrected chi connectivity index (χ3v) is 18.3. The van der Waals surface area contributed by atoms with Crippen LogP contribution in [0.4, 0.5) is 0 Å². The van der Waals surface area contributed by atoms with Crippen LogP contribution >= 0.6 is 0 Å². The third-order valence-electron chi connectivity index (χ3n) is 18.3. The summed E-state index contributed by atoms with van der Waals surface area (Å²) < 4.78 is 27.4. The average molecular weight is 1590 g/mol. The average Bonchev–Trinajstić information content (AvgIpc) is 1.59. The Labute approximate surface area is 674 Å². The number of phenolic OH excluding ortho intramolecular Hbond substituents is 4. The summed E-state index contributed by atoms with van der Waals surface area (Å²) in [6, 6.07) is 73.4. The predicted molar refractivity (Wildman–Crippen MR) is 433 cm³/mol. The Bertz CT molecular complexity index is 6820. The number of fused-ring (bicyclic) bond motifs is 20. The van der Waals surface area contributed by atoms with Gasteiger partial charge in [-0.1, -0.05) is 133 Å². The molecule has 0 unspecified atom stereocenters. The predicted octanol–water partition coefficient (Wildman–Crippen LogP) is 15.2. The van der Waals surface area contributed by atoms with Crippen molar-refractivity contribution in [2.24, 2.45) is 20.4 Å². The Morgan fingerprint density at radius 3 is 1.03 bits per heavy atom. The van der Waals surface area contributed by atoms with Crippen LogP contribution < -0.4 is 50.6 Å². The van der Waals surface area contributed by atoms with E-state index in [0.29, 0.717) is 89.1 Å². The van der Waals surface area contributed by atoms with Crippen molar-refractivity contribution in [3.05, 3.63) is 311 Å². The van der Waals surface area contributed by atoms with Crippen molar-refractivity contribution >= 4 is 92.6 Å². The second-order valence-corrected chi connectivity index (χ2v) is 25.7. The standard InChI is InChI=1S/C88H58N16O12.Zn/c105-63-31-9-5-24-55(63)85(109)101-89-45-49-20-1-13-35-67(49)113-53-42-43-54-62(44-53)81-94-77(54)93-78-60-29-18-40-72(115-69-37-15-3-22-51(69)47-91-103-87(111)57-26-7-11-33-65(57)107)75(60)83(97-78)100-84-76-61(30-19-41-73(76)116-70-38-16-4-23-52(70)48-92-104-88(112)58-27-8-12-34-66(58)108)80(99-84)98-82-74-59(79(95-81)96-82)28-17-39-71(74)114-68-36-14-2-21-50(68)46-90-102-86(110)56-25-6-10-32-64(56)106;/h1-48H,(H10,93,94,95,96,97,98,99,100,101,102,103,104,105,106,107,108,109,110,111,112);/q;+2/p-2/b89-45+,90-46+,91-47-,92-48+;. The van der Waals surface area contributed by atoms with Crippen molar-refractivity contribution in [3.63, 3.8) is 0 Å². The summed E-state index contributed by atoms with van der Waals surface area (Å²) in [6.07, 6.45) is 5.63. The number of aromatic hydroxyl groups is 4. The van der Waals surface area contributed by atoms with Gasteiger partial charge in [-0.2, -0.15) is 20.4 Å². The molecule has 28 nitrogen and oxygen atoms in total. The first-order valence-electron chi connectivity index (χ1n) is 35.6. The number of ether oxygens (including phenoxy) is 4. The van der Waals surface area contributed by atoms with Gasteiger partial charge in [-0.3, -0.25) is 19.2 Å². The van der Waals surface area contributed by atoms with Crippen LogP contribution in [0, 0.1) is 0 Å². The van der Waals surface area contributed by atoms with Crippen LogP contribution in [-0.4, -0.2) is 98.8 Å². The van der Waals surface area contributed by atoms with E-state index in [-0.39, 0.29) is 134 Å². The van der Waals surface area contributed by atoms with Crippen molar-refractivity contribution in [2.45, 2.75) is 0 Å². The van der Waals surface area contributed by atoms with Gasteiger partial charge in [0, 0.05) is 61.4 Å². The summed E-state index contributed by atoms with van der Waals surface area (Å²) in [6.45, 7) is 0. The second-order valence-electron chi connectivity index (χ2n) is 25.7. The minimum atomic E-state index is -0.655. The summed E-state index contributed by atoms with van der Waals surface area (Å²) in [4.78, 5) is 94.9. The number of aromatic nitrogens is 8. The first-order chi connectivity index (χ1) is 56.8. The quantitative estimate of drug-likeness (QED) is 0.0200. The molecule has 29 heteroatoms. The zero-order valence-corrected chi connectivity index (χ0v) is 63.8. The molecule has 4 amide bonds. The van der Waals surface area contributed by atoms with E-state index in [9.17, 15) is 39.6 Å². The minimum Gasteiger partial charge on any atom is -0.507 e. The van der Waals surface area contributed by atoms with Gasteiger partial charge in [0.15, 0.2) is 0 Å². The van der Waals surface area contributed by atoms with E-state index in [2.05, 4.69) is 42.1 Å². The van der Waals surface area contributed by atoms with Crippen LogP contribution in [0.2, 0.25) is 0 Å². The molecule has 2 aliphatic rings. The van der Waals surface area contributed by atoms with E-state index in [1.165, 1.54) is 73.4 Å². The molecule has 2 aliphatic heterocycles. The SMILES string of the molecule is O=C(N/N=C\c1ccccc1Oc1cccc2c1-c1nc-2nc2[n-]c(nc3nc(nc4[n-]c(n1)c1c(Oc5ccccc5/C=N/NC(=O)c5ccccc5O)cccc41)-c1c(Oc4ccccc4/C=N/NC(=O)c4ccccc4O)cccc1-3)c1cc(Oc3ccccc3/C=N/NC(=O)c3ccccc3O)ccc21)c1ccccc1O.[Zn+2]. The van der Waals surface area contributed by atoms with Gasteiger partial charge in [0.25, 0.3) is 23.6 Å². The first kappa shape index (κ1) is 74.7. The van der Waals surface area contributed by atoms with Crippen LogP contribution in [0.1, 0.15) is 63.7 Å². The van der Waals surface area contributed by atoms with E-state index >= 15 is 0 Å². The van der Waals surface area contributed by atoms with Crippen molar-refractivity contribution in [1.29, 1.82) is 0 Å². The molecule has 0 saturated heterocycles. The summed E-state index contributed by atoms with van der Waals surface area (Å²) in [5, 5.41) is 60.3. The fourth-order valence-electron chi connectivity index (χ4n) is 12.8. The van der Waals surface area contributed by atoms with Gasteiger partial charge in [0.05, 0.1) is 81.5 Å². The fraction of sp³-hybridized carbons (Fsp3) is 0. The molecule has 117 heavy (non-hydrogen) atoms. The molecule has 0 atom stereocenters. The van der Waals surface area contributed by atoms with E-state index < -0.39 is 23.6 Å². The van der Waals surface area contributed by atoms with Crippen LogP contribution in [0.25, 0.3) is 89.7 Å². The number of amides is 4. The van der Waals surface area contributed by atoms with Crippen LogP contribution in [-0.2, 0) is 19.5 Å². The number of hydrazone groups is 4. The summed E-state index contributed by atoms with van der Waals surface area (Å²) >= 11 is 0. The number of nitrogens with one attached hydrogen (secondary N) is 4. The number of phenols is 4. The molecule has 8 bridgehead atoms. The number of benzene rings is 12. The normalized spacial score (nSPS) is 11.5. The first-order valence-corrected chi connectivity index (χ1v) is 35.6. The molecular weight excluding hydrogens is 1540 g/mol. The van der Waals surface area contributed by atoms with Crippen molar-refractivity contribution in [2.75, 3.05) is 0 Å². The maximum absolute atomic E-state index is 13.2. The third kappa shape index (κ3) is 15.6. The summed E-state index contributed by atoms with van der Waals surface area (Å²) in [7, 11) is 0. The number of hydrogen-bond acceptors (Lipinski definition) is 22. The Hall–Kier alpha value is -16.4. The van der Waals surface area contributed by atoms with Crippen LogP contribution in [0.15, 0.2) is 287 Å². The van der Waals surface area contributed by atoms with E-state index in [0.717, 1.165) is 0 Å². The molecule has 0 radical (unpaired) electrons. The van der Waals surface area contributed by atoms with Crippen LogP contribution in [0.3, 0.4) is 0 Å². The summed E-state index contributed by atoms with van der Waals surface area (Å²) in [5.41, 5.74) is 13.8. The molecule has 8 N–H and O–H groups in total. The maximum atomic E-state index is 13.2. The van der Waals surface area contributed by atoms with Gasteiger partial charge in [-0.25, -0.2) is 31.7 Å². The van der Waals surface area contributed by atoms with Crippen molar-refractivity contribution < 1.29 is 78.0 Å². The monoisotopic (exact) mass is 1590 g/mol. The Kier molecular flexibility index (Phi) is 21.0. The topological polar surface area (TPSA) is 389 Å². The molecule has 15 aromatic rings. The number of carbonyl (C=O) groups is 4. The molecule has 0 fully saturated rings. The van der Waals surface area contributed by atoms with Gasteiger partial charge in [0.2, 0.25) is 0 Å². The van der Waals surface area contributed by atoms with Crippen LogP contribution in [0.5, 0.6) is 69.0 Å². The Morgan fingerprint density at radius 2 is 0.615 bits per heavy atom. The van der Waals surface area contributed by atoms with Gasteiger partial charge < -0.3 is 69.3 Å². The number of nitrogens with zero attached hydrogens (tertiary/aromatic N) is 12.